The van der Waals surface area contributed by atoms with Gasteiger partial charge in [0.05, 0.1) is 32.1 Å². The Labute approximate surface area is 127 Å². The summed E-state index contributed by atoms with van der Waals surface area (Å²) >= 11 is 0. The zero-order valence-electron chi connectivity index (χ0n) is 12.1. The van der Waals surface area contributed by atoms with E-state index in [4.69, 9.17) is 9.15 Å². The lowest BCUT2D eigenvalue weighted by Crippen LogP contribution is -2.41. The molecule has 0 fully saturated rings. The molecule has 7 nitrogen and oxygen atoms in total. The lowest BCUT2D eigenvalue weighted by Gasteiger charge is -2.10. The summed E-state index contributed by atoms with van der Waals surface area (Å²) in [4.78, 5) is 23.2. The number of furan rings is 1. The van der Waals surface area contributed by atoms with Crippen LogP contribution < -0.4 is 20.7 Å². The second kappa shape index (κ2) is 7.72. The van der Waals surface area contributed by atoms with Crippen molar-refractivity contribution < 1.29 is 18.7 Å². The third-order valence-electron chi connectivity index (χ3n) is 2.80. The van der Waals surface area contributed by atoms with Gasteiger partial charge in [-0.2, -0.15) is 0 Å². The van der Waals surface area contributed by atoms with Gasteiger partial charge in [0.15, 0.2) is 0 Å². The fourth-order valence-electron chi connectivity index (χ4n) is 1.76. The van der Waals surface area contributed by atoms with Crippen LogP contribution in [0.3, 0.4) is 0 Å². The summed E-state index contributed by atoms with van der Waals surface area (Å²) in [6.45, 7) is 0.167. The van der Waals surface area contributed by atoms with E-state index >= 15 is 0 Å². The maximum atomic E-state index is 11.7. The number of hydrogen-bond acceptors (Lipinski definition) is 5. The molecule has 7 heteroatoms. The highest BCUT2D eigenvalue weighted by molar-refractivity contribution is 5.96. The molecule has 116 valence electrons. The summed E-state index contributed by atoms with van der Waals surface area (Å²) in [6.07, 6.45) is 1.51. The lowest BCUT2D eigenvalue weighted by atomic mass is 10.3. The molecular formula is C15H17N3O4. The molecule has 0 radical (unpaired) electrons. The summed E-state index contributed by atoms with van der Waals surface area (Å²) in [5, 5.41) is 7.64. The van der Waals surface area contributed by atoms with E-state index in [1.807, 2.05) is 12.1 Å². The molecule has 0 saturated heterocycles. The molecule has 0 spiro atoms. The molecule has 2 rings (SSSR count). The molecule has 0 aliphatic heterocycles. The number of urea groups is 1. The van der Waals surface area contributed by atoms with Crippen molar-refractivity contribution in [1.29, 1.82) is 0 Å². The molecule has 2 aromatic rings. The standard InChI is InChI=1S/C15H17N3O4/c1-21-13-7-3-2-6-12(13)16-10-14(19)18-15(20)17-9-11-5-4-8-22-11/h2-8,16H,9-10H2,1H3,(H2,17,18,19,20). The van der Waals surface area contributed by atoms with Crippen LogP contribution in [0.5, 0.6) is 5.75 Å². The smallest absolute Gasteiger partial charge is 0.321 e. The third kappa shape index (κ3) is 4.55. The van der Waals surface area contributed by atoms with E-state index in [9.17, 15) is 9.59 Å². The Kier molecular flexibility index (Phi) is 5.42. The number of imide groups is 1. The molecule has 0 saturated carbocycles. The molecular weight excluding hydrogens is 286 g/mol. The van der Waals surface area contributed by atoms with Gasteiger partial charge in [0.25, 0.3) is 0 Å². The third-order valence-corrected chi connectivity index (χ3v) is 2.80. The largest absolute Gasteiger partial charge is 0.495 e. The summed E-state index contributed by atoms with van der Waals surface area (Å²) in [5.41, 5.74) is 0.677. The number of ether oxygens (including phenoxy) is 1. The number of anilines is 1. The minimum absolute atomic E-state index is 0.0471. The van der Waals surface area contributed by atoms with E-state index in [-0.39, 0.29) is 13.1 Å². The van der Waals surface area contributed by atoms with Crippen molar-refractivity contribution in [3.63, 3.8) is 0 Å². The molecule has 0 bridgehead atoms. The Balaban J connectivity index is 1.74. The van der Waals surface area contributed by atoms with Gasteiger partial charge in [0.2, 0.25) is 5.91 Å². The second-order valence-corrected chi connectivity index (χ2v) is 4.36. The van der Waals surface area contributed by atoms with Gasteiger partial charge in [-0.1, -0.05) is 12.1 Å². The van der Waals surface area contributed by atoms with Crippen LogP contribution in [-0.4, -0.2) is 25.6 Å². The minimum atomic E-state index is -0.580. The van der Waals surface area contributed by atoms with Crippen molar-refractivity contribution in [3.8, 4) is 5.75 Å². The number of para-hydroxylation sites is 2. The Morgan fingerprint density at radius 3 is 2.73 bits per heavy atom. The van der Waals surface area contributed by atoms with Crippen molar-refractivity contribution in [2.24, 2.45) is 0 Å². The Morgan fingerprint density at radius 2 is 2.00 bits per heavy atom. The highest BCUT2D eigenvalue weighted by Gasteiger charge is 2.09. The molecule has 1 heterocycles. The first-order chi connectivity index (χ1) is 10.7. The number of nitrogens with one attached hydrogen (secondary N) is 3. The number of rotatable bonds is 6. The Hall–Kier alpha value is -2.96. The van der Waals surface area contributed by atoms with Crippen LogP contribution in [0.4, 0.5) is 10.5 Å². The van der Waals surface area contributed by atoms with Gasteiger partial charge in [0.1, 0.15) is 11.5 Å². The van der Waals surface area contributed by atoms with E-state index in [0.29, 0.717) is 17.2 Å². The molecule has 3 amide bonds. The van der Waals surface area contributed by atoms with Crippen molar-refractivity contribution in [1.82, 2.24) is 10.6 Å². The number of methoxy groups -OCH3 is 1. The van der Waals surface area contributed by atoms with Gasteiger partial charge in [-0.25, -0.2) is 4.79 Å². The topological polar surface area (TPSA) is 92.6 Å². The second-order valence-electron chi connectivity index (χ2n) is 4.36. The fraction of sp³-hybridized carbons (Fsp3) is 0.200. The maximum absolute atomic E-state index is 11.7. The van der Waals surface area contributed by atoms with E-state index < -0.39 is 11.9 Å². The average Bonchev–Trinajstić information content (AvgIpc) is 3.04. The zero-order valence-corrected chi connectivity index (χ0v) is 12.1. The van der Waals surface area contributed by atoms with Crippen molar-refractivity contribution in [2.45, 2.75) is 6.54 Å². The van der Waals surface area contributed by atoms with Gasteiger partial charge in [0, 0.05) is 0 Å². The van der Waals surface area contributed by atoms with Crippen LogP contribution >= 0.6 is 0 Å². The van der Waals surface area contributed by atoms with Crippen LogP contribution in [0.2, 0.25) is 0 Å². The number of amides is 3. The van der Waals surface area contributed by atoms with E-state index in [1.54, 1.807) is 31.4 Å². The number of hydrogen-bond donors (Lipinski definition) is 3. The number of benzene rings is 1. The van der Waals surface area contributed by atoms with Crippen molar-refractivity contribution in [3.05, 3.63) is 48.4 Å². The van der Waals surface area contributed by atoms with Crippen LogP contribution in [0.15, 0.2) is 47.1 Å². The van der Waals surface area contributed by atoms with Crippen LogP contribution in [-0.2, 0) is 11.3 Å². The minimum Gasteiger partial charge on any atom is -0.495 e. The first-order valence-corrected chi connectivity index (χ1v) is 6.66. The molecule has 0 unspecified atom stereocenters. The average molecular weight is 303 g/mol. The van der Waals surface area contributed by atoms with Gasteiger partial charge in [-0.05, 0) is 24.3 Å². The van der Waals surface area contributed by atoms with Crippen molar-refractivity contribution >= 4 is 17.6 Å². The van der Waals surface area contributed by atoms with Gasteiger partial charge < -0.3 is 19.8 Å². The van der Waals surface area contributed by atoms with E-state index in [1.165, 1.54) is 6.26 Å². The molecule has 22 heavy (non-hydrogen) atoms. The van der Waals surface area contributed by atoms with Crippen LogP contribution in [0.25, 0.3) is 0 Å². The van der Waals surface area contributed by atoms with Crippen LogP contribution in [0, 0.1) is 0 Å². The SMILES string of the molecule is COc1ccccc1NCC(=O)NC(=O)NCc1ccco1. The predicted octanol–water partition coefficient (Wildman–Crippen LogP) is 1.73. The van der Waals surface area contributed by atoms with Gasteiger partial charge >= 0.3 is 6.03 Å². The predicted molar refractivity (Wildman–Crippen MR) is 80.6 cm³/mol. The first kappa shape index (κ1) is 15.4. The highest BCUT2D eigenvalue weighted by atomic mass is 16.5. The van der Waals surface area contributed by atoms with Gasteiger partial charge in [-0.15, -0.1) is 0 Å². The van der Waals surface area contributed by atoms with Crippen molar-refractivity contribution in [2.75, 3.05) is 19.0 Å². The zero-order chi connectivity index (χ0) is 15.8. The molecule has 1 aromatic carbocycles. The summed E-state index contributed by atoms with van der Waals surface area (Å²) in [6, 6.07) is 10.1. The monoisotopic (exact) mass is 303 g/mol. The molecule has 0 atom stereocenters. The maximum Gasteiger partial charge on any atom is 0.321 e. The normalized spacial score (nSPS) is 9.86. The first-order valence-electron chi connectivity index (χ1n) is 6.66. The Morgan fingerprint density at radius 1 is 1.18 bits per heavy atom. The molecule has 1 aromatic heterocycles. The lowest BCUT2D eigenvalue weighted by molar-refractivity contribution is -0.118. The fourth-order valence-corrected chi connectivity index (χ4v) is 1.76. The molecule has 0 aliphatic carbocycles. The Bertz CT molecular complexity index is 625. The summed E-state index contributed by atoms with van der Waals surface area (Å²) in [5.74, 6) is 0.773. The van der Waals surface area contributed by atoms with Gasteiger partial charge in [-0.3, -0.25) is 10.1 Å². The summed E-state index contributed by atoms with van der Waals surface area (Å²) < 4.78 is 10.2. The van der Waals surface area contributed by atoms with E-state index in [0.717, 1.165) is 0 Å². The molecule has 0 aliphatic rings. The quantitative estimate of drug-likeness (QED) is 0.755. The highest BCUT2D eigenvalue weighted by Crippen LogP contribution is 2.22. The summed E-state index contributed by atoms with van der Waals surface area (Å²) in [7, 11) is 1.54. The van der Waals surface area contributed by atoms with Crippen LogP contribution in [0.1, 0.15) is 5.76 Å². The number of carbonyl (C=O) groups is 2. The number of carbonyl (C=O) groups excluding carboxylic acids is 2. The van der Waals surface area contributed by atoms with E-state index in [2.05, 4.69) is 16.0 Å². The molecule has 3 N–H and O–H groups in total.